The molecule has 4 aromatic rings. The number of carboxylic acids is 1. The zero-order chi connectivity index (χ0) is 29.8. The summed E-state index contributed by atoms with van der Waals surface area (Å²) in [4.78, 5) is 19.0. The van der Waals surface area contributed by atoms with Gasteiger partial charge in [-0.05, 0) is 81.0 Å². The lowest BCUT2D eigenvalue weighted by molar-refractivity contribution is -0.137. The third-order valence-electron chi connectivity index (χ3n) is 8.93. The maximum atomic E-state index is 14.1. The highest BCUT2D eigenvalue weighted by atomic mass is 32.2. The average Bonchev–Trinajstić information content (AvgIpc) is 3.24. The molecule has 1 fully saturated rings. The van der Waals surface area contributed by atoms with Crippen LogP contribution in [0.3, 0.4) is 0 Å². The molecule has 220 valence electrons. The molecular weight excluding hydrogens is 552 g/mol. The summed E-state index contributed by atoms with van der Waals surface area (Å²) in [5.74, 6) is -0.846. The molecule has 1 saturated heterocycles. The van der Waals surface area contributed by atoms with Gasteiger partial charge in [0.05, 0.1) is 17.7 Å². The summed E-state index contributed by atoms with van der Waals surface area (Å²) in [5.41, 5.74) is 4.51. The number of aliphatic carboxylic acids is 1. The second kappa shape index (κ2) is 10.5. The van der Waals surface area contributed by atoms with E-state index in [2.05, 4.69) is 27.0 Å². The number of hydrogen-bond donors (Lipinski definition) is 1. The molecule has 0 spiro atoms. The molecule has 0 radical (unpaired) electrons. The number of pyridine rings is 1. The van der Waals surface area contributed by atoms with Crippen LogP contribution in [0.2, 0.25) is 0 Å². The zero-order valence-corrected chi connectivity index (χ0v) is 25.2. The van der Waals surface area contributed by atoms with E-state index in [0.717, 1.165) is 59.3 Å². The van der Waals surface area contributed by atoms with Crippen LogP contribution in [0.1, 0.15) is 66.6 Å². The Bertz CT molecular complexity index is 1800. The summed E-state index contributed by atoms with van der Waals surface area (Å²) in [6.45, 7) is 7.27. The molecule has 2 aliphatic heterocycles. The van der Waals surface area contributed by atoms with Gasteiger partial charge >= 0.3 is 5.97 Å². The van der Waals surface area contributed by atoms with Gasteiger partial charge < -0.3 is 14.6 Å². The number of hydrogen-bond acceptors (Lipinski definition) is 7. The van der Waals surface area contributed by atoms with Gasteiger partial charge in [-0.25, -0.2) is 13.4 Å². The highest BCUT2D eigenvalue weighted by Crippen LogP contribution is 2.41. The molecule has 0 bridgehead atoms. The number of sulfonamides is 1. The van der Waals surface area contributed by atoms with Gasteiger partial charge in [0.1, 0.15) is 10.7 Å². The van der Waals surface area contributed by atoms with Gasteiger partial charge in [-0.3, -0.25) is 4.79 Å². The van der Waals surface area contributed by atoms with Gasteiger partial charge in [-0.1, -0.05) is 18.2 Å². The van der Waals surface area contributed by atoms with E-state index in [4.69, 9.17) is 0 Å². The van der Waals surface area contributed by atoms with Crippen molar-refractivity contribution in [2.75, 3.05) is 18.0 Å². The van der Waals surface area contributed by atoms with E-state index in [-0.39, 0.29) is 23.4 Å². The fourth-order valence-electron chi connectivity index (χ4n) is 6.66. The Kier molecular flexibility index (Phi) is 7.05. The van der Waals surface area contributed by atoms with E-state index in [1.54, 1.807) is 22.6 Å². The van der Waals surface area contributed by atoms with Crippen LogP contribution in [0.25, 0.3) is 11.0 Å². The third-order valence-corrected chi connectivity index (χ3v) is 10.7. The SMILES string of the molecule is Cc1cc2cc(C(CC(=O)O)c3ccc(C)c(CN4C[C@@]5(C)CCCCN5c5ncccc5S4(=O)=O)c3)n(C)c2nn1. The number of rotatable bonds is 6. The van der Waals surface area contributed by atoms with Crippen molar-refractivity contribution in [2.24, 2.45) is 7.05 Å². The van der Waals surface area contributed by atoms with E-state index in [9.17, 15) is 18.3 Å². The molecule has 2 atom stereocenters. The minimum atomic E-state index is -3.85. The molecule has 2 aliphatic rings. The minimum absolute atomic E-state index is 0.118. The predicted molar refractivity (Wildman–Crippen MR) is 160 cm³/mol. The largest absolute Gasteiger partial charge is 0.481 e. The standard InChI is InChI=1S/C31H36N6O4S/c1-20-9-10-22(25(17-28(38)39)26-16-23-14-21(2)33-34-29(23)35(26)4)15-24(20)18-36-19-31(3)11-5-6-13-37(31)30-27(42(36,40)41)8-7-12-32-30/h7-10,12,14-16,25H,5-6,11,13,17-19H2,1-4H3,(H,38,39)/t25?,31-/m1/s1. The first-order valence-corrected chi connectivity index (χ1v) is 15.8. The van der Waals surface area contributed by atoms with E-state index >= 15 is 0 Å². The maximum Gasteiger partial charge on any atom is 0.304 e. The number of aryl methyl sites for hydroxylation is 3. The Balaban J connectivity index is 1.42. The summed E-state index contributed by atoms with van der Waals surface area (Å²) >= 11 is 0. The van der Waals surface area contributed by atoms with Crippen molar-refractivity contribution in [1.82, 2.24) is 24.1 Å². The molecule has 0 saturated carbocycles. The molecule has 10 nitrogen and oxygen atoms in total. The minimum Gasteiger partial charge on any atom is -0.481 e. The van der Waals surface area contributed by atoms with Crippen LogP contribution in [-0.4, -0.2) is 62.2 Å². The number of carbonyl (C=O) groups is 1. The fourth-order valence-corrected chi connectivity index (χ4v) is 8.34. The number of nitrogens with zero attached hydrogens (tertiary/aromatic N) is 6. The van der Waals surface area contributed by atoms with Gasteiger partial charge in [-0.15, -0.1) is 5.10 Å². The molecule has 3 aromatic heterocycles. The molecule has 6 rings (SSSR count). The van der Waals surface area contributed by atoms with Gasteiger partial charge in [0.2, 0.25) is 10.0 Å². The smallest absolute Gasteiger partial charge is 0.304 e. The summed E-state index contributed by atoms with van der Waals surface area (Å²) in [6.07, 6.45) is 4.45. The first kappa shape index (κ1) is 28.3. The van der Waals surface area contributed by atoms with Crippen LogP contribution in [-0.2, 0) is 28.4 Å². The Morgan fingerprint density at radius 3 is 2.71 bits per heavy atom. The van der Waals surface area contributed by atoms with Gasteiger partial charge in [-0.2, -0.15) is 9.40 Å². The summed E-state index contributed by atoms with van der Waals surface area (Å²) in [5, 5.41) is 19.3. The molecule has 0 amide bonds. The summed E-state index contributed by atoms with van der Waals surface area (Å²) in [6, 6.07) is 13.1. The summed E-state index contributed by atoms with van der Waals surface area (Å²) < 4.78 is 31.8. The van der Waals surface area contributed by atoms with Crippen LogP contribution in [0.15, 0.2) is 53.6 Å². The predicted octanol–water partition coefficient (Wildman–Crippen LogP) is 4.54. The Morgan fingerprint density at radius 2 is 1.93 bits per heavy atom. The van der Waals surface area contributed by atoms with Crippen LogP contribution >= 0.6 is 0 Å². The van der Waals surface area contributed by atoms with Crippen molar-refractivity contribution >= 4 is 32.8 Å². The van der Waals surface area contributed by atoms with Crippen molar-refractivity contribution in [2.45, 2.75) is 69.4 Å². The molecule has 1 unspecified atom stereocenters. The second-order valence-corrected chi connectivity index (χ2v) is 13.8. The lowest BCUT2D eigenvalue weighted by Crippen LogP contribution is -2.55. The topological polar surface area (TPSA) is 122 Å². The summed E-state index contributed by atoms with van der Waals surface area (Å²) in [7, 11) is -1.97. The van der Waals surface area contributed by atoms with E-state index in [1.807, 2.05) is 55.8 Å². The van der Waals surface area contributed by atoms with Crippen LogP contribution < -0.4 is 4.90 Å². The van der Waals surface area contributed by atoms with Crippen molar-refractivity contribution < 1.29 is 18.3 Å². The fraction of sp³-hybridized carbons (Fsp3) is 0.419. The Hall–Kier alpha value is -3.83. The highest BCUT2D eigenvalue weighted by molar-refractivity contribution is 7.89. The molecule has 11 heteroatoms. The Morgan fingerprint density at radius 1 is 1.12 bits per heavy atom. The molecule has 0 aliphatic carbocycles. The van der Waals surface area contributed by atoms with Crippen molar-refractivity contribution in [1.29, 1.82) is 0 Å². The van der Waals surface area contributed by atoms with Crippen molar-refractivity contribution in [3.05, 3.63) is 76.7 Å². The Labute approximate surface area is 246 Å². The van der Waals surface area contributed by atoms with E-state index in [1.165, 1.54) is 0 Å². The van der Waals surface area contributed by atoms with Gasteiger partial charge in [0.15, 0.2) is 5.65 Å². The van der Waals surface area contributed by atoms with Crippen LogP contribution in [0.5, 0.6) is 0 Å². The lowest BCUT2D eigenvalue weighted by atomic mass is 9.87. The molecular formula is C31H36N6O4S. The maximum absolute atomic E-state index is 14.1. The van der Waals surface area contributed by atoms with Gasteiger partial charge in [0, 0.05) is 49.9 Å². The number of aromatic nitrogens is 4. The number of anilines is 1. The number of benzene rings is 1. The second-order valence-electron chi connectivity index (χ2n) is 11.9. The van der Waals surface area contributed by atoms with Crippen LogP contribution in [0, 0.1) is 13.8 Å². The van der Waals surface area contributed by atoms with Crippen molar-refractivity contribution in [3.8, 4) is 0 Å². The third kappa shape index (κ3) is 4.84. The highest BCUT2D eigenvalue weighted by Gasteiger charge is 2.45. The number of carboxylic acid groups (broad SMARTS) is 1. The average molecular weight is 589 g/mol. The first-order chi connectivity index (χ1) is 20.0. The monoisotopic (exact) mass is 588 g/mol. The van der Waals surface area contributed by atoms with Crippen molar-refractivity contribution in [3.63, 3.8) is 0 Å². The first-order valence-electron chi connectivity index (χ1n) is 14.3. The molecule has 1 aromatic carbocycles. The molecule has 5 heterocycles. The molecule has 1 N–H and O–H groups in total. The lowest BCUT2D eigenvalue weighted by Gasteiger charge is -2.45. The zero-order valence-electron chi connectivity index (χ0n) is 24.4. The normalized spacial score (nSPS) is 21.0. The van der Waals surface area contributed by atoms with E-state index < -0.39 is 21.9 Å². The van der Waals surface area contributed by atoms with Crippen LogP contribution in [0.4, 0.5) is 5.82 Å². The number of fused-ring (bicyclic) bond motifs is 4. The molecule has 42 heavy (non-hydrogen) atoms. The van der Waals surface area contributed by atoms with E-state index in [0.29, 0.717) is 18.0 Å². The number of piperidine rings is 1. The quantitative estimate of drug-likeness (QED) is 0.349. The van der Waals surface area contributed by atoms with Gasteiger partial charge in [0.25, 0.3) is 0 Å².